The Morgan fingerprint density at radius 2 is 1.56 bits per heavy atom. The highest BCUT2D eigenvalue weighted by Crippen LogP contribution is 2.57. The molecule has 1 rings (SSSR count). The molecule has 0 spiro atoms. The van der Waals surface area contributed by atoms with E-state index in [1.54, 1.807) is 0 Å². The molecule has 6 heteroatoms. The molecule has 1 fully saturated rings. The van der Waals surface area contributed by atoms with Gasteiger partial charge in [-0.25, -0.2) is 0 Å². The van der Waals surface area contributed by atoms with Crippen LogP contribution in [0.4, 0.5) is 0 Å². The van der Waals surface area contributed by atoms with Gasteiger partial charge in [0.2, 0.25) is 0 Å². The van der Waals surface area contributed by atoms with E-state index >= 15 is 0 Å². The van der Waals surface area contributed by atoms with Crippen molar-refractivity contribution in [1.29, 1.82) is 0 Å². The number of ether oxygens (including phenoxy) is 3. The second-order valence-corrected chi connectivity index (χ2v) is 6.81. The van der Waals surface area contributed by atoms with E-state index in [4.69, 9.17) is 37.4 Å². The number of hydrogen-bond acceptors (Lipinski definition) is 3. The molecule has 0 aromatic carbocycles. The van der Waals surface area contributed by atoms with Gasteiger partial charge in [0.15, 0.2) is 6.29 Å². The minimum Gasteiger partial charge on any atom is -0.377 e. The van der Waals surface area contributed by atoms with Gasteiger partial charge < -0.3 is 14.2 Å². The number of hydrogen-bond donors (Lipinski definition) is 0. The van der Waals surface area contributed by atoms with Crippen molar-refractivity contribution in [3.05, 3.63) is 0 Å². The lowest BCUT2D eigenvalue weighted by Crippen LogP contribution is -2.40. The molecule has 3 atom stereocenters. The molecule has 0 N–H and O–H groups in total. The monoisotopic (exact) mass is 362 g/mol. The Balaban J connectivity index is 2.65. The molecule has 1 aliphatic rings. The van der Waals surface area contributed by atoms with E-state index in [0.29, 0.717) is 19.8 Å². The first kappa shape index (κ1) is 17.0. The van der Waals surface area contributed by atoms with Crippen LogP contribution in [0.15, 0.2) is 0 Å². The summed E-state index contributed by atoms with van der Waals surface area (Å²) in [6, 6.07) is 0. The van der Waals surface area contributed by atoms with E-state index in [9.17, 15) is 0 Å². The van der Waals surface area contributed by atoms with Crippen LogP contribution in [0.2, 0.25) is 0 Å². The second kappa shape index (κ2) is 7.65. The third-order valence-electron chi connectivity index (χ3n) is 2.87. The average molecular weight is 364 g/mol. The Morgan fingerprint density at radius 1 is 1.11 bits per heavy atom. The number of alkyl halides is 3. The Kier molecular flexibility index (Phi) is 7.22. The van der Waals surface area contributed by atoms with E-state index in [2.05, 4.69) is 15.9 Å². The van der Waals surface area contributed by atoms with E-state index < -0.39 is 4.33 Å². The molecule has 0 saturated heterocycles. The van der Waals surface area contributed by atoms with Crippen LogP contribution in [0.25, 0.3) is 0 Å². The zero-order valence-electron chi connectivity index (χ0n) is 11.0. The minimum atomic E-state index is -0.672. The van der Waals surface area contributed by atoms with E-state index in [0.717, 1.165) is 6.42 Å². The van der Waals surface area contributed by atoms with Gasteiger partial charge in [0.1, 0.15) is 4.33 Å². The van der Waals surface area contributed by atoms with E-state index in [-0.39, 0.29) is 23.1 Å². The Bertz CT molecular complexity index is 247. The molecule has 0 amide bonds. The van der Waals surface area contributed by atoms with Crippen molar-refractivity contribution in [3.8, 4) is 0 Å². The van der Waals surface area contributed by atoms with E-state index in [1.165, 1.54) is 0 Å². The zero-order chi connectivity index (χ0) is 13.8. The highest BCUT2D eigenvalue weighted by atomic mass is 79.9. The quantitative estimate of drug-likeness (QED) is 0.461. The summed E-state index contributed by atoms with van der Waals surface area (Å²) in [5, 5.41) is 0. The third kappa shape index (κ3) is 4.50. The highest BCUT2D eigenvalue weighted by molar-refractivity contribution is 9.09. The van der Waals surface area contributed by atoms with Crippen LogP contribution < -0.4 is 0 Å². The summed E-state index contributed by atoms with van der Waals surface area (Å²) in [7, 11) is 0. The molecule has 0 bridgehead atoms. The van der Waals surface area contributed by atoms with Gasteiger partial charge in [-0.05, 0) is 27.2 Å². The van der Waals surface area contributed by atoms with Gasteiger partial charge in [-0.2, -0.15) is 0 Å². The fraction of sp³-hybridized carbons (Fsp3) is 1.00. The normalized spacial score (nSPS) is 25.2. The Hall–Kier alpha value is 0.940. The zero-order valence-corrected chi connectivity index (χ0v) is 14.1. The van der Waals surface area contributed by atoms with Gasteiger partial charge in [-0.3, -0.25) is 0 Å². The first-order valence-corrected chi connectivity index (χ1v) is 8.01. The largest absolute Gasteiger partial charge is 0.377 e. The predicted octanol–water partition coefficient (Wildman–Crippen LogP) is 3.75. The molecule has 1 aliphatic carbocycles. The van der Waals surface area contributed by atoms with Crippen molar-refractivity contribution in [2.75, 3.05) is 19.8 Å². The summed E-state index contributed by atoms with van der Waals surface area (Å²) >= 11 is 15.9. The molecule has 0 aliphatic heterocycles. The average Bonchev–Trinajstić information content (AvgIpc) is 2.94. The van der Waals surface area contributed by atoms with Crippen molar-refractivity contribution in [1.82, 2.24) is 0 Å². The molecular weight excluding hydrogens is 343 g/mol. The molecule has 3 unspecified atom stereocenters. The summed E-state index contributed by atoms with van der Waals surface area (Å²) in [4.78, 5) is -0.0817. The molecule has 18 heavy (non-hydrogen) atoms. The molecule has 3 nitrogen and oxygen atoms in total. The van der Waals surface area contributed by atoms with Crippen LogP contribution in [-0.2, 0) is 14.2 Å². The van der Waals surface area contributed by atoms with Gasteiger partial charge in [0, 0.05) is 25.7 Å². The van der Waals surface area contributed by atoms with Crippen LogP contribution in [-0.4, -0.2) is 41.4 Å². The summed E-state index contributed by atoms with van der Waals surface area (Å²) < 4.78 is 16.3. The smallest absolute Gasteiger partial charge is 0.172 e. The lowest BCUT2D eigenvalue weighted by molar-refractivity contribution is -0.153. The van der Waals surface area contributed by atoms with Gasteiger partial charge in [-0.1, -0.05) is 15.9 Å². The standard InChI is InChI=1S/C12H21BrCl2O3/c1-4-16-10(8-7-12(8,14)15)9(13)11(17-5-2)18-6-3/h8-11H,4-7H2,1-3H3. The highest BCUT2D eigenvalue weighted by Gasteiger charge is 2.58. The van der Waals surface area contributed by atoms with Crippen LogP contribution >= 0.6 is 39.1 Å². The lowest BCUT2D eigenvalue weighted by atomic mass is 10.1. The summed E-state index contributed by atoms with van der Waals surface area (Å²) in [5.74, 6) is 0.119. The fourth-order valence-electron chi connectivity index (χ4n) is 1.93. The van der Waals surface area contributed by atoms with Crippen LogP contribution in [0.3, 0.4) is 0 Å². The lowest BCUT2D eigenvalue weighted by Gasteiger charge is -2.29. The molecule has 0 aromatic rings. The Labute approximate surface area is 128 Å². The van der Waals surface area contributed by atoms with Gasteiger partial charge in [0.25, 0.3) is 0 Å². The Morgan fingerprint density at radius 3 is 1.89 bits per heavy atom. The van der Waals surface area contributed by atoms with Gasteiger partial charge in [-0.15, -0.1) is 23.2 Å². The van der Waals surface area contributed by atoms with Crippen molar-refractivity contribution in [2.24, 2.45) is 5.92 Å². The molecule has 0 radical (unpaired) electrons. The van der Waals surface area contributed by atoms with Crippen molar-refractivity contribution >= 4 is 39.1 Å². The first-order valence-electron chi connectivity index (χ1n) is 6.34. The maximum atomic E-state index is 6.12. The van der Waals surface area contributed by atoms with Gasteiger partial charge in [0.05, 0.1) is 10.9 Å². The summed E-state index contributed by atoms with van der Waals surface area (Å²) in [6.07, 6.45) is 0.294. The summed E-state index contributed by atoms with van der Waals surface area (Å²) in [6.45, 7) is 7.61. The van der Waals surface area contributed by atoms with Crippen molar-refractivity contribution in [2.45, 2.75) is 48.7 Å². The van der Waals surface area contributed by atoms with Crippen molar-refractivity contribution in [3.63, 3.8) is 0 Å². The summed E-state index contributed by atoms with van der Waals surface area (Å²) in [5.41, 5.74) is 0. The minimum absolute atomic E-state index is 0.0817. The molecule has 108 valence electrons. The number of halogens is 3. The number of rotatable bonds is 9. The van der Waals surface area contributed by atoms with Crippen molar-refractivity contribution < 1.29 is 14.2 Å². The molecular formula is C12H21BrCl2O3. The second-order valence-electron chi connectivity index (χ2n) is 4.22. The predicted molar refractivity (Wildman–Crippen MR) is 77.7 cm³/mol. The molecule has 0 aromatic heterocycles. The first-order chi connectivity index (χ1) is 8.47. The fourth-order valence-corrected chi connectivity index (χ4v) is 3.34. The maximum absolute atomic E-state index is 6.12. The molecule has 0 heterocycles. The van der Waals surface area contributed by atoms with Crippen LogP contribution in [0.1, 0.15) is 27.2 Å². The van der Waals surface area contributed by atoms with E-state index in [1.807, 2.05) is 20.8 Å². The topological polar surface area (TPSA) is 27.7 Å². The molecule has 1 saturated carbocycles. The SMILES string of the molecule is CCOC(OCC)C(Br)C(OCC)C1CC1(Cl)Cl. The van der Waals surface area contributed by atoms with Crippen LogP contribution in [0.5, 0.6) is 0 Å². The van der Waals surface area contributed by atoms with Gasteiger partial charge >= 0.3 is 0 Å². The maximum Gasteiger partial charge on any atom is 0.172 e. The van der Waals surface area contributed by atoms with Crippen LogP contribution in [0, 0.1) is 5.92 Å². The third-order valence-corrected chi connectivity index (χ3v) is 4.69.